The Bertz CT molecular complexity index is 642. The van der Waals surface area contributed by atoms with Gasteiger partial charge >= 0.3 is 12.3 Å². The summed E-state index contributed by atoms with van der Waals surface area (Å²) in [6.45, 7) is 0. The monoisotopic (exact) mass is 298 g/mol. The summed E-state index contributed by atoms with van der Waals surface area (Å²) in [5, 5.41) is 11.6. The zero-order valence-corrected chi connectivity index (χ0v) is 10.4. The molecule has 110 valence electrons. The van der Waals surface area contributed by atoms with Gasteiger partial charge in [-0.25, -0.2) is 9.78 Å². The van der Waals surface area contributed by atoms with Crippen LogP contribution < -0.4 is 10.1 Å². The van der Waals surface area contributed by atoms with E-state index < -0.39 is 12.3 Å². The largest absolute Gasteiger partial charge is 0.573 e. The molecule has 0 atom stereocenters. The fourth-order valence-electron chi connectivity index (χ4n) is 1.51. The Labute approximate surface area is 117 Å². The minimum absolute atomic E-state index is 0.142. The van der Waals surface area contributed by atoms with E-state index in [2.05, 4.69) is 15.0 Å². The number of rotatable bonds is 4. The van der Waals surface area contributed by atoms with Crippen molar-refractivity contribution in [3.8, 4) is 5.75 Å². The van der Waals surface area contributed by atoms with Gasteiger partial charge in [0, 0.05) is 5.69 Å². The number of nitrogens with zero attached hydrogens (tertiary/aromatic N) is 1. The van der Waals surface area contributed by atoms with Crippen LogP contribution in [0.5, 0.6) is 5.75 Å². The van der Waals surface area contributed by atoms with Gasteiger partial charge in [-0.05, 0) is 36.4 Å². The highest BCUT2D eigenvalue weighted by atomic mass is 19.4. The smallest absolute Gasteiger partial charge is 0.477 e. The van der Waals surface area contributed by atoms with Crippen LogP contribution in [0.3, 0.4) is 0 Å². The third kappa shape index (κ3) is 4.37. The van der Waals surface area contributed by atoms with E-state index in [9.17, 15) is 18.0 Å². The molecule has 0 saturated heterocycles. The molecule has 0 aliphatic carbocycles. The number of nitrogens with one attached hydrogen (secondary N) is 1. The number of halogens is 3. The minimum Gasteiger partial charge on any atom is -0.477 e. The van der Waals surface area contributed by atoms with Crippen LogP contribution in [0.4, 0.5) is 24.7 Å². The third-order valence-corrected chi connectivity index (χ3v) is 2.33. The molecule has 0 saturated carbocycles. The van der Waals surface area contributed by atoms with Gasteiger partial charge in [-0.1, -0.05) is 6.07 Å². The Morgan fingerprint density at radius 2 is 1.81 bits per heavy atom. The van der Waals surface area contributed by atoms with Crippen molar-refractivity contribution in [2.75, 3.05) is 5.32 Å². The van der Waals surface area contributed by atoms with Crippen molar-refractivity contribution >= 4 is 17.5 Å². The molecule has 1 aromatic carbocycles. The van der Waals surface area contributed by atoms with Crippen molar-refractivity contribution < 1.29 is 27.8 Å². The average molecular weight is 298 g/mol. The first-order valence-corrected chi connectivity index (χ1v) is 5.67. The van der Waals surface area contributed by atoms with Gasteiger partial charge in [-0.2, -0.15) is 0 Å². The molecule has 8 heteroatoms. The van der Waals surface area contributed by atoms with Crippen molar-refractivity contribution in [1.29, 1.82) is 0 Å². The molecular formula is C13H9F3N2O3. The predicted octanol–water partition coefficient (Wildman–Crippen LogP) is 3.42. The Kier molecular flexibility index (Phi) is 3.97. The summed E-state index contributed by atoms with van der Waals surface area (Å²) >= 11 is 0. The zero-order chi connectivity index (χ0) is 15.5. The number of benzene rings is 1. The molecule has 0 amide bonds. The first-order chi connectivity index (χ1) is 9.83. The van der Waals surface area contributed by atoms with Crippen LogP contribution in [-0.2, 0) is 0 Å². The molecule has 0 spiro atoms. The SMILES string of the molecule is O=C(O)c1cccc(Nc2ccc(OC(F)(F)F)cc2)n1. The molecule has 1 heterocycles. The van der Waals surface area contributed by atoms with Gasteiger partial charge in [0.15, 0.2) is 5.69 Å². The molecule has 0 bridgehead atoms. The van der Waals surface area contributed by atoms with E-state index in [1.807, 2.05) is 0 Å². The number of carboxylic acids is 1. The molecular weight excluding hydrogens is 289 g/mol. The zero-order valence-electron chi connectivity index (χ0n) is 10.4. The number of ether oxygens (including phenoxy) is 1. The van der Waals surface area contributed by atoms with E-state index in [4.69, 9.17) is 5.11 Å². The highest BCUT2D eigenvalue weighted by Crippen LogP contribution is 2.24. The summed E-state index contributed by atoms with van der Waals surface area (Å²) in [4.78, 5) is 14.6. The van der Waals surface area contributed by atoms with Gasteiger partial charge in [-0.15, -0.1) is 13.2 Å². The normalized spacial score (nSPS) is 11.0. The fourth-order valence-corrected chi connectivity index (χ4v) is 1.51. The fraction of sp³-hybridized carbons (Fsp3) is 0.0769. The lowest BCUT2D eigenvalue weighted by Gasteiger charge is -2.10. The second kappa shape index (κ2) is 5.70. The number of aromatic nitrogens is 1. The van der Waals surface area contributed by atoms with E-state index in [0.717, 1.165) is 12.1 Å². The van der Waals surface area contributed by atoms with Gasteiger partial charge in [0.05, 0.1) is 0 Å². The van der Waals surface area contributed by atoms with Crippen LogP contribution in [-0.4, -0.2) is 22.4 Å². The average Bonchev–Trinajstić information content (AvgIpc) is 2.40. The van der Waals surface area contributed by atoms with Crippen molar-refractivity contribution in [2.45, 2.75) is 6.36 Å². The first-order valence-electron chi connectivity index (χ1n) is 5.67. The Balaban J connectivity index is 2.10. The quantitative estimate of drug-likeness (QED) is 0.905. The number of anilines is 2. The highest BCUT2D eigenvalue weighted by molar-refractivity contribution is 5.85. The number of hydrogen-bond donors (Lipinski definition) is 2. The molecule has 0 fully saturated rings. The highest BCUT2D eigenvalue weighted by Gasteiger charge is 2.30. The Hall–Kier alpha value is -2.77. The van der Waals surface area contributed by atoms with Crippen LogP contribution in [0, 0.1) is 0 Å². The van der Waals surface area contributed by atoms with Crippen LogP contribution in [0.2, 0.25) is 0 Å². The maximum atomic E-state index is 12.0. The van der Waals surface area contributed by atoms with Crippen molar-refractivity contribution in [1.82, 2.24) is 4.98 Å². The summed E-state index contributed by atoms with van der Waals surface area (Å²) in [5.74, 6) is -1.26. The van der Waals surface area contributed by atoms with Crippen LogP contribution >= 0.6 is 0 Å². The second-order valence-electron chi connectivity index (χ2n) is 3.91. The van der Waals surface area contributed by atoms with Crippen LogP contribution in [0.15, 0.2) is 42.5 Å². The number of aromatic carboxylic acids is 1. The minimum atomic E-state index is -4.74. The van der Waals surface area contributed by atoms with Gasteiger partial charge in [0.25, 0.3) is 0 Å². The van der Waals surface area contributed by atoms with Crippen LogP contribution in [0.25, 0.3) is 0 Å². The maximum absolute atomic E-state index is 12.0. The topological polar surface area (TPSA) is 71.5 Å². The third-order valence-electron chi connectivity index (χ3n) is 2.33. The number of carbonyl (C=O) groups is 1. The van der Waals surface area contributed by atoms with E-state index >= 15 is 0 Å². The van der Waals surface area contributed by atoms with E-state index in [-0.39, 0.29) is 17.3 Å². The lowest BCUT2D eigenvalue weighted by atomic mass is 10.3. The van der Waals surface area contributed by atoms with Gasteiger partial charge in [0.2, 0.25) is 0 Å². The van der Waals surface area contributed by atoms with E-state index in [1.54, 1.807) is 0 Å². The molecule has 0 aliphatic heterocycles. The number of pyridine rings is 1. The molecule has 0 aliphatic rings. The van der Waals surface area contributed by atoms with Gasteiger partial charge in [-0.3, -0.25) is 0 Å². The number of hydrogen-bond acceptors (Lipinski definition) is 4. The molecule has 2 rings (SSSR count). The molecule has 5 nitrogen and oxygen atoms in total. The maximum Gasteiger partial charge on any atom is 0.573 e. The second-order valence-corrected chi connectivity index (χ2v) is 3.91. The van der Waals surface area contributed by atoms with Crippen molar-refractivity contribution in [2.24, 2.45) is 0 Å². The van der Waals surface area contributed by atoms with Crippen molar-refractivity contribution in [3.63, 3.8) is 0 Å². The standard InChI is InChI=1S/C13H9F3N2O3/c14-13(15,16)21-9-6-4-8(5-7-9)17-11-3-1-2-10(18-11)12(19)20/h1-7H,(H,17,18)(H,19,20). The lowest BCUT2D eigenvalue weighted by Crippen LogP contribution is -2.16. The molecule has 0 radical (unpaired) electrons. The summed E-state index contributed by atoms with van der Waals surface area (Å²) in [7, 11) is 0. The Morgan fingerprint density at radius 3 is 2.38 bits per heavy atom. The molecule has 2 N–H and O–H groups in total. The predicted molar refractivity (Wildman–Crippen MR) is 67.6 cm³/mol. The van der Waals surface area contributed by atoms with Gasteiger partial charge in [0.1, 0.15) is 11.6 Å². The van der Waals surface area contributed by atoms with Crippen LogP contribution in [0.1, 0.15) is 10.5 Å². The van der Waals surface area contributed by atoms with E-state index in [1.165, 1.54) is 30.3 Å². The molecule has 1 aromatic heterocycles. The molecule has 0 unspecified atom stereocenters. The number of alkyl halides is 3. The summed E-state index contributed by atoms with van der Waals surface area (Å²) in [6, 6.07) is 9.35. The molecule has 21 heavy (non-hydrogen) atoms. The van der Waals surface area contributed by atoms with Crippen molar-refractivity contribution in [3.05, 3.63) is 48.2 Å². The summed E-state index contributed by atoms with van der Waals surface area (Å²) < 4.78 is 39.8. The number of carboxylic acid groups (broad SMARTS) is 1. The van der Waals surface area contributed by atoms with Gasteiger partial charge < -0.3 is 15.2 Å². The Morgan fingerprint density at radius 1 is 1.14 bits per heavy atom. The molecule has 2 aromatic rings. The summed E-state index contributed by atoms with van der Waals surface area (Å²) in [5.41, 5.74) is 0.302. The van der Waals surface area contributed by atoms with E-state index in [0.29, 0.717) is 5.69 Å². The summed E-state index contributed by atoms with van der Waals surface area (Å²) in [6.07, 6.45) is -4.74. The first kappa shape index (κ1) is 14.6. The lowest BCUT2D eigenvalue weighted by molar-refractivity contribution is -0.274.